The number of nitrogens with two attached hydrogens (primary N) is 1. The van der Waals surface area contributed by atoms with Gasteiger partial charge in [-0.25, -0.2) is 12.7 Å². The second kappa shape index (κ2) is 10.2. The average molecular weight is 433 g/mol. The molecule has 1 amide bonds. The standard InChI is InChI=1S/C23H33N3O3S/c1-7-18-11-13-19(14-12-18)22(16(2)3)24-17(4)23(27)25-20-9-8-10-21(15-20)30(28,29)26(5)6/h8-17,22,24H,7H2,1-6H3,(H,25,27)/p+1/t17-,22-/m1/s1. The van der Waals surface area contributed by atoms with Crippen molar-refractivity contribution in [3.63, 3.8) is 0 Å². The Morgan fingerprint density at radius 3 is 2.23 bits per heavy atom. The van der Waals surface area contributed by atoms with Crippen molar-refractivity contribution in [3.05, 3.63) is 59.7 Å². The quantitative estimate of drug-likeness (QED) is 0.639. The Morgan fingerprint density at radius 2 is 1.70 bits per heavy atom. The smallest absolute Gasteiger partial charge is 0.282 e. The highest BCUT2D eigenvalue weighted by molar-refractivity contribution is 7.89. The largest absolute Gasteiger partial charge is 0.330 e. The predicted molar refractivity (Wildman–Crippen MR) is 121 cm³/mol. The maximum Gasteiger partial charge on any atom is 0.282 e. The van der Waals surface area contributed by atoms with Gasteiger partial charge in [0.2, 0.25) is 10.0 Å². The highest BCUT2D eigenvalue weighted by Gasteiger charge is 2.26. The van der Waals surface area contributed by atoms with Gasteiger partial charge >= 0.3 is 0 Å². The molecule has 0 aromatic heterocycles. The number of benzene rings is 2. The van der Waals surface area contributed by atoms with Crippen LogP contribution >= 0.6 is 0 Å². The summed E-state index contributed by atoms with van der Waals surface area (Å²) in [5.41, 5.74) is 2.96. The molecule has 0 aliphatic carbocycles. The minimum atomic E-state index is -3.55. The summed E-state index contributed by atoms with van der Waals surface area (Å²) in [4.78, 5) is 12.9. The summed E-state index contributed by atoms with van der Waals surface area (Å²) >= 11 is 0. The lowest BCUT2D eigenvalue weighted by molar-refractivity contribution is -0.718. The number of nitrogens with one attached hydrogen (secondary N) is 1. The van der Waals surface area contributed by atoms with Crippen molar-refractivity contribution >= 4 is 21.6 Å². The highest BCUT2D eigenvalue weighted by Crippen LogP contribution is 2.20. The summed E-state index contributed by atoms with van der Waals surface area (Å²) in [6.07, 6.45) is 0.998. The molecule has 0 saturated carbocycles. The van der Waals surface area contributed by atoms with Crippen LogP contribution in [-0.4, -0.2) is 38.8 Å². The molecule has 2 aromatic carbocycles. The Labute approximate surface area is 180 Å². The van der Waals surface area contributed by atoms with Gasteiger partial charge < -0.3 is 10.6 Å². The molecule has 0 radical (unpaired) electrons. The van der Waals surface area contributed by atoms with Gasteiger partial charge in [0.1, 0.15) is 6.04 Å². The number of quaternary nitrogens is 1. The molecule has 6 nitrogen and oxygen atoms in total. The van der Waals surface area contributed by atoms with E-state index in [0.717, 1.165) is 10.7 Å². The van der Waals surface area contributed by atoms with E-state index in [1.807, 2.05) is 6.92 Å². The molecule has 30 heavy (non-hydrogen) atoms. The second-order valence-electron chi connectivity index (χ2n) is 8.15. The van der Waals surface area contributed by atoms with Crippen LogP contribution in [0.2, 0.25) is 0 Å². The Bertz CT molecular complexity index is 954. The van der Waals surface area contributed by atoms with Crippen LogP contribution in [0, 0.1) is 5.92 Å². The van der Waals surface area contributed by atoms with Crippen LogP contribution in [0.25, 0.3) is 0 Å². The van der Waals surface area contributed by atoms with E-state index < -0.39 is 10.0 Å². The zero-order valence-corrected chi connectivity index (χ0v) is 19.5. The van der Waals surface area contributed by atoms with Crippen LogP contribution in [0.4, 0.5) is 5.69 Å². The number of aryl methyl sites for hydroxylation is 1. The first kappa shape index (κ1) is 24.1. The number of anilines is 1. The van der Waals surface area contributed by atoms with Crippen molar-refractivity contribution in [1.82, 2.24) is 4.31 Å². The summed E-state index contributed by atoms with van der Waals surface area (Å²) in [6, 6.07) is 14.7. The first-order valence-corrected chi connectivity index (χ1v) is 11.8. The Balaban J connectivity index is 2.13. The molecule has 2 atom stereocenters. The fourth-order valence-corrected chi connectivity index (χ4v) is 4.24. The first-order valence-electron chi connectivity index (χ1n) is 10.3. The molecule has 0 bridgehead atoms. The van der Waals surface area contributed by atoms with E-state index >= 15 is 0 Å². The van der Waals surface area contributed by atoms with Gasteiger partial charge in [-0.2, -0.15) is 0 Å². The molecule has 0 saturated heterocycles. The van der Waals surface area contributed by atoms with Crippen LogP contribution in [0.5, 0.6) is 0 Å². The summed E-state index contributed by atoms with van der Waals surface area (Å²) in [6.45, 7) is 8.29. The van der Waals surface area contributed by atoms with Crippen LogP contribution in [0.1, 0.15) is 44.9 Å². The van der Waals surface area contributed by atoms with Crippen LogP contribution in [-0.2, 0) is 21.2 Å². The molecule has 0 spiro atoms. The van der Waals surface area contributed by atoms with Crippen LogP contribution in [0.3, 0.4) is 0 Å². The number of hydrogen-bond donors (Lipinski definition) is 2. The number of hydrogen-bond acceptors (Lipinski definition) is 3. The average Bonchev–Trinajstić information content (AvgIpc) is 2.71. The number of carbonyl (C=O) groups is 1. The monoisotopic (exact) mass is 432 g/mol. The lowest BCUT2D eigenvalue weighted by atomic mass is 9.94. The summed E-state index contributed by atoms with van der Waals surface area (Å²) in [7, 11) is -0.588. The van der Waals surface area contributed by atoms with E-state index in [4.69, 9.17) is 0 Å². The first-order chi connectivity index (χ1) is 14.1. The van der Waals surface area contributed by atoms with E-state index in [-0.39, 0.29) is 22.9 Å². The van der Waals surface area contributed by atoms with Crippen LogP contribution < -0.4 is 10.6 Å². The number of sulfonamides is 1. The molecule has 0 heterocycles. The summed E-state index contributed by atoms with van der Waals surface area (Å²) in [5.74, 6) is 0.187. The number of nitrogens with zero attached hydrogens (tertiary/aromatic N) is 1. The Morgan fingerprint density at radius 1 is 1.07 bits per heavy atom. The van der Waals surface area contributed by atoms with Gasteiger partial charge in [-0.15, -0.1) is 0 Å². The zero-order valence-electron chi connectivity index (χ0n) is 18.7. The number of carbonyl (C=O) groups excluding carboxylic acids is 1. The van der Waals surface area contributed by atoms with Gasteiger partial charge in [-0.1, -0.05) is 51.1 Å². The van der Waals surface area contributed by atoms with Crippen molar-refractivity contribution in [2.24, 2.45) is 5.92 Å². The summed E-state index contributed by atoms with van der Waals surface area (Å²) in [5, 5.41) is 4.92. The molecule has 2 rings (SSSR count). The molecule has 3 N–H and O–H groups in total. The maximum absolute atomic E-state index is 12.8. The van der Waals surface area contributed by atoms with Gasteiger partial charge in [0.15, 0.2) is 6.04 Å². The van der Waals surface area contributed by atoms with E-state index in [9.17, 15) is 13.2 Å². The van der Waals surface area contributed by atoms with E-state index in [0.29, 0.717) is 11.6 Å². The van der Waals surface area contributed by atoms with Gasteiger partial charge in [0.25, 0.3) is 5.91 Å². The molecule has 0 aliphatic rings. The van der Waals surface area contributed by atoms with E-state index in [1.54, 1.807) is 12.1 Å². The van der Waals surface area contributed by atoms with E-state index in [2.05, 4.69) is 55.7 Å². The normalized spacial score (nSPS) is 14.0. The number of rotatable bonds is 9. The SMILES string of the molecule is CCc1ccc([C@H]([NH2+][C@H](C)C(=O)Nc2cccc(S(=O)(=O)N(C)C)c2)C(C)C)cc1. The van der Waals surface area contributed by atoms with Gasteiger partial charge in [0, 0.05) is 31.3 Å². The third-order valence-corrected chi connectivity index (χ3v) is 7.09. The van der Waals surface area contributed by atoms with E-state index in [1.165, 1.54) is 37.4 Å². The Kier molecular flexibility index (Phi) is 8.18. The van der Waals surface area contributed by atoms with Crippen molar-refractivity contribution in [3.8, 4) is 0 Å². The van der Waals surface area contributed by atoms with Crippen molar-refractivity contribution in [2.75, 3.05) is 19.4 Å². The van der Waals surface area contributed by atoms with Crippen molar-refractivity contribution in [2.45, 2.75) is 51.1 Å². The lowest BCUT2D eigenvalue weighted by Crippen LogP contribution is -2.93. The van der Waals surface area contributed by atoms with Crippen molar-refractivity contribution < 1.29 is 18.5 Å². The second-order valence-corrected chi connectivity index (χ2v) is 10.3. The molecular weight excluding hydrogens is 398 g/mol. The van der Waals surface area contributed by atoms with Gasteiger partial charge in [-0.3, -0.25) is 4.79 Å². The van der Waals surface area contributed by atoms with Gasteiger partial charge in [-0.05, 0) is 37.1 Å². The molecule has 0 unspecified atom stereocenters. The topological polar surface area (TPSA) is 83.1 Å². The molecule has 2 aromatic rings. The number of amides is 1. The predicted octanol–water partition coefficient (Wildman–Crippen LogP) is 2.79. The van der Waals surface area contributed by atoms with Crippen LogP contribution in [0.15, 0.2) is 53.4 Å². The van der Waals surface area contributed by atoms with Crippen molar-refractivity contribution in [1.29, 1.82) is 0 Å². The minimum absolute atomic E-state index is 0.150. The highest BCUT2D eigenvalue weighted by atomic mass is 32.2. The molecule has 0 fully saturated rings. The maximum atomic E-state index is 12.8. The summed E-state index contributed by atoms with van der Waals surface area (Å²) < 4.78 is 25.8. The molecule has 164 valence electrons. The minimum Gasteiger partial charge on any atom is -0.330 e. The van der Waals surface area contributed by atoms with Gasteiger partial charge in [0.05, 0.1) is 4.90 Å². The zero-order chi connectivity index (χ0) is 22.5. The molecule has 7 heteroatoms. The fourth-order valence-electron chi connectivity index (χ4n) is 3.29. The third kappa shape index (κ3) is 5.90. The molecular formula is C23H34N3O3S+. The third-order valence-electron chi connectivity index (χ3n) is 5.28. The fraction of sp³-hybridized carbons (Fsp3) is 0.435. The lowest BCUT2D eigenvalue weighted by Gasteiger charge is -2.23. The molecule has 0 aliphatic heterocycles. The Hall–Kier alpha value is -2.22.